The molecule has 50 valence electrons. The first-order chi connectivity index (χ1) is 3.77. The van der Waals surface area contributed by atoms with Gasteiger partial charge in [-0.15, -0.1) is 0 Å². The zero-order chi connectivity index (χ0) is 6.41. The lowest BCUT2D eigenvalue weighted by atomic mass is 10.7. The minimum Gasteiger partial charge on any atom is -0.760 e. The Bertz CT molecular complexity index is 77.7. The second kappa shape index (κ2) is 5.17. The summed E-state index contributed by atoms with van der Waals surface area (Å²) >= 11 is -2.11. The smallest absolute Gasteiger partial charge is 0.0196 e. The quantitative estimate of drug-likeness (QED) is 0.369. The lowest BCUT2D eigenvalue weighted by Gasteiger charge is -2.04. The van der Waals surface area contributed by atoms with Crippen LogP contribution in [0.1, 0.15) is 0 Å². The highest BCUT2D eigenvalue weighted by molar-refractivity contribution is 7.77. The molecule has 0 saturated heterocycles. The van der Waals surface area contributed by atoms with Gasteiger partial charge in [0.2, 0.25) is 0 Å². The van der Waals surface area contributed by atoms with Gasteiger partial charge in [0.1, 0.15) is 0 Å². The molecule has 0 aromatic rings. The van der Waals surface area contributed by atoms with Crippen molar-refractivity contribution in [3.05, 3.63) is 0 Å². The van der Waals surface area contributed by atoms with Crippen LogP contribution < -0.4 is 10.0 Å². The molecule has 0 heterocycles. The molecule has 0 aliphatic carbocycles. The Hall–Kier alpha value is 0.0300. The zero-order valence-electron chi connectivity index (χ0n) is 4.64. The molecule has 0 radical (unpaired) electrons. The van der Waals surface area contributed by atoms with Crippen molar-refractivity contribution in [2.24, 2.45) is 0 Å². The van der Waals surface area contributed by atoms with E-state index in [0.717, 1.165) is 0 Å². The number of rotatable bonds is 4. The summed E-state index contributed by atoms with van der Waals surface area (Å²) < 4.78 is 21.7. The molecule has 0 aliphatic rings. The summed E-state index contributed by atoms with van der Waals surface area (Å²) in [7, 11) is 1.76. The summed E-state index contributed by atoms with van der Waals surface area (Å²) in [6.07, 6.45) is 0. The van der Waals surface area contributed by atoms with Gasteiger partial charge in [-0.1, -0.05) is 0 Å². The fraction of sp³-hybridized carbons (Fsp3) is 1.00. The summed E-state index contributed by atoms with van der Waals surface area (Å²) in [5.74, 6) is 0. The van der Waals surface area contributed by atoms with Crippen molar-refractivity contribution >= 4 is 11.3 Å². The summed E-state index contributed by atoms with van der Waals surface area (Å²) in [4.78, 5) is 0. The number of hydrogen-bond donors (Lipinski definition) is 2. The SMILES string of the molecule is CNCCNS(=O)[O-]. The largest absolute Gasteiger partial charge is 0.760 e. The molecule has 0 aromatic heterocycles. The van der Waals surface area contributed by atoms with Crippen molar-refractivity contribution in [2.75, 3.05) is 20.1 Å². The van der Waals surface area contributed by atoms with Crippen molar-refractivity contribution in [1.82, 2.24) is 10.0 Å². The van der Waals surface area contributed by atoms with Gasteiger partial charge in [0.05, 0.1) is 0 Å². The lowest BCUT2D eigenvalue weighted by Crippen LogP contribution is -2.26. The molecule has 0 aromatic carbocycles. The molecule has 0 rings (SSSR count). The van der Waals surface area contributed by atoms with Gasteiger partial charge in [-0.25, -0.2) is 4.72 Å². The van der Waals surface area contributed by atoms with Crippen LogP contribution in [0.3, 0.4) is 0 Å². The third kappa shape index (κ3) is 6.03. The molecule has 0 aliphatic heterocycles. The predicted octanol–water partition coefficient (Wildman–Crippen LogP) is -1.41. The minimum absolute atomic E-state index is 0.451. The minimum atomic E-state index is -2.11. The van der Waals surface area contributed by atoms with Gasteiger partial charge in [-0.05, 0) is 7.05 Å². The molecule has 0 saturated carbocycles. The van der Waals surface area contributed by atoms with Crippen LogP contribution in [0.15, 0.2) is 0 Å². The molecular weight excluding hydrogens is 128 g/mol. The average Bonchev–Trinajstić information content (AvgIpc) is 1.66. The van der Waals surface area contributed by atoms with Crippen LogP contribution in [0.4, 0.5) is 0 Å². The first-order valence-electron chi connectivity index (χ1n) is 2.24. The summed E-state index contributed by atoms with van der Waals surface area (Å²) in [5.41, 5.74) is 0. The molecule has 1 unspecified atom stereocenters. The maximum absolute atomic E-state index is 9.74. The van der Waals surface area contributed by atoms with Crippen LogP contribution in [-0.2, 0) is 11.3 Å². The van der Waals surface area contributed by atoms with Gasteiger partial charge in [0, 0.05) is 24.4 Å². The van der Waals surface area contributed by atoms with Crippen LogP contribution in [0.2, 0.25) is 0 Å². The van der Waals surface area contributed by atoms with Crippen LogP contribution in [0, 0.1) is 0 Å². The highest BCUT2D eigenvalue weighted by Crippen LogP contribution is 1.59. The normalized spacial score (nSPS) is 13.8. The third-order valence-corrected chi connectivity index (χ3v) is 1.03. The Morgan fingerprint density at radius 2 is 2.25 bits per heavy atom. The van der Waals surface area contributed by atoms with E-state index in [2.05, 4.69) is 10.0 Å². The van der Waals surface area contributed by atoms with Crippen molar-refractivity contribution in [1.29, 1.82) is 0 Å². The van der Waals surface area contributed by atoms with Crippen molar-refractivity contribution < 1.29 is 8.76 Å². The van der Waals surface area contributed by atoms with Gasteiger partial charge in [0.15, 0.2) is 0 Å². The van der Waals surface area contributed by atoms with Crippen molar-refractivity contribution in [2.45, 2.75) is 0 Å². The molecular formula is C3H9N2O2S-. The first-order valence-corrected chi connectivity index (χ1v) is 3.32. The highest BCUT2D eigenvalue weighted by Gasteiger charge is 1.79. The number of likely N-dealkylation sites (N-methyl/N-ethyl adjacent to an activating group) is 1. The van der Waals surface area contributed by atoms with Crippen LogP contribution >= 0.6 is 0 Å². The van der Waals surface area contributed by atoms with Crippen LogP contribution in [0.25, 0.3) is 0 Å². The summed E-state index contributed by atoms with van der Waals surface area (Å²) in [6, 6.07) is 0. The topological polar surface area (TPSA) is 64.2 Å². The van der Waals surface area contributed by atoms with Gasteiger partial charge < -0.3 is 9.87 Å². The van der Waals surface area contributed by atoms with E-state index in [4.69, 9.17) is 0 Å². The van der Waals surface area contributed by atoms with Crippen molar-refractivity contribution in [3.8, 4) is 0 Å². The Labute approximate surface area is 51.1 Å². The third-order valence-electron chi connectivity index (χ3n) is 0.595. The summed E-state index contributed by atoms with van der Waals surface area (Å²) in [5, 5.41) is 2.79. The monoisotopic (exact) mass is 137 g/mol. The molecule has 2 N–H and O–H groups in total. The Morgan fingerprint density at radius 1 is 1.62 bits per heavy atom. The molecule has 0 amide bonds. The lowest BCUT2D eigenvalue weighted by molar-refractivity contribution is 0.522. The van der Waals surface area contributed by atoms with E-state index in [1.54, 1.807) is 7.05 Å². The Kier molecular flexibility index (Phi) is 5.19. The average molecular weight is 137 g/mol. The number of nitrogens with one attached hydrogen (secondary N) is 2. The van der Waals surface area contributed by atoms with E-state index in [1.807, 2.05) is 0 Å². The summed E-state index contributed by atoms with van der Waals surface area (Å²) in [6.45, 7) is 1.11. The van der Waals surface area contributed by atoms with Crippen LogP contribution in [0.5, 0.6) is 0 Å². The molecule has 0 fully saturated rings. The second-order valence-electron chi connectivity index (χ2n) is 1.23. The molecule has 8 heavy (non-hydrogen) atoms. The molecule has 0 bridgehead atoms. The fourth-order valence-corrected chi connectivity index (χ4v) is 0.528. The van der Waals surface area contributed by atoms with Gasteiger partial charge >= 0.3 is 0 Å². The van der Waals surface area contributed by atoms with E-state index in [1.165, 1.54) is 0 Å². The molecule has 4 nitrogen and oxygen atoms in total. The zero-order valence-corrected chi connectivity index (χ0v) is 5.46. The highest BCUT2D eigenvalue weighted by atomic mass is 32.2. The van der Waals surface area contributed by atoms with E-state index >= 15 is 0 Å². The molecule has 5 heteroatoms. The Morgan fingerprint density at radius 3 is 2.62 bits per heavy atom. The van der Waals surface area contributed by atoms with Crippen LogP contribution in [-0.4, -0.2) is 28.9 Å². The maximum atomic E-state index is 9.74. The van der Waals surface area contributed by atoms with Crippen molar-refractivity contribution in [3.63, 3.8) is 0 Å². The standard InChI is InChI=1S/C3H10N2O2S/c1-4-2-3-5-8(6)7/h4-5H,2-3H2,1H3,(H,6,7)/p-1. The predicted molar refractivity (Wildman–Crippen MR) is 30.8 cm³/mol. The Balaban J connectivity index is 2.82. The van der Waals surface area contributed by atoms with E-state index in [-0.39, 0.29) is 0 Å². The van der Waals surface area contributed by atoms with E-state index < -0.39 is 11.3 Å². The second-order valence-corrected chi connectivity index (χ2v) is 1.99. The fourth-order valence-electron chi connectivity index (χ4n) is 0.259. The van der Waals surface area contributed by atoms with E-state index in [0.29, 0.717) is 13.1 Å². The number of hydrogen-bond acceptors (Lipinski definition) is 3. The first kappa shape index (κ1) is 8.03. The van der Waals surface area contributed by atoms with Gasteiger partial charge in [0.25, 0.3) is 0 Å². The molecule has 1 atom stereocenters. The van der Waals surface area contributed by atoms with Gasteiger partial charge in [-0.3, -0.25) is 4.21 Å². The molecule has 0 spiro atoms. The van der Waals surface area contributed by atoms with Gasteiger partial charge in [-0.2, -0.15) is 0 Å². The van der Waals surface area contributed by atoms with E-state index in [9.17, 15) is 8.76 Å². The maximum Gasteiger partial charge on any atom is 0.0196 e.